The van der Waals surface area contributed by atoms with Crippen molar-refractivity contribution in [2.75, 3.05) is 10.2 Å². The summed E-state index contributed by atoms with van der Waals surface area (Å²) in [6.45, 7) is 4.12. The molecule has 0 bridgehead atoms. The van der Waals surface area contributed by atoms with E-state index in [1.54, 1.807) is 22.7 Å². The number of hydrazine groups is 2. The minimum absolute atomic E-state index is 0.771. The topological polar surface area (TPSA) is 56.7 Å². The lowest BCUT2D eigenvalue weighted by Crippen LogP contribution is -2.44. The molecule has 6 nitrogen and oxygen atoms in total. The third kappa shape index (κ3) is 3.37. The first kappa shape index (κ1) is 17.8. The van der Waals surface area contributed by atoms with Crippen LogP contribution in [-0.4, -0.2) is 15.8 Å². The van der Waals surface area contributed by atoms with E-state index in [0.29, 0.717) is 0 Å². The number of hydrogen-bond donors (Lipinski definition) is 1. The third-order valence-electron chi connectivity index (χ3n) is 4.55. The van der Waals surface area contributed by atoms with Crippen LogP contribution in [0, 0.1) is 13.8 Å². The number of amidine groups is 1. The first-order valence-corrected chi connectivity index (χ1v) is 10.8. The molecule has 8 heteroatoms. The lowest BCUT2D eigenvalue weighted by Gasteiger charge is -2.25. The molecular formula is C21H18N6S2. The van der Waals surface area contributed by atoms with Crippen LogP contribution in [0.4, 0.5) is 10.8 Å². The Balaban J connectivity index is 1.51. The quantitative estimate of drug-likeness (QED) is 0.506. The number of rotatable bonds is 4. The molecule has 5 rings (SSSR count). The second-order valence-electron chi connectivity index (χ2n) is 6.54. The Bertz CT molecular complexity index is 1150. The van der Waals surface area contributed by atoms with Gasteiger partial charge in [0, 0.05) is 15.8 Å². The molecule has 1 aliphatic rings. The van der Waals surface area contributed by atoms with Crippen LogP contribution in [0.1, 0.15) is 16.1 Å². The Kier molecular flexibility index (Phi) is 4.49. The third-order valence-corrected chi connectivity index (χ3v) is 6.46. The zero-order valence-electron chi connectivity index (χ0n) is 15.9. The van der Waals surface area contributed by atoms with E-state index >= 15 is 0 Å². The normalized spacial score (nSPS) is 13.5. The van der Waals surface area contributed by atoms with Crippen molar-refractivity contribution in [3.8, 4) is 10.7 Å². The molecule has 0 aliphatic carbocycles. The highest BCUT2D eigenvalue weighted by molar-refractivity contribution is 7.16. The van der Waals surface area contributed by atoms with Gasteiger partial charge in [0.2, 0.25) is 5.13 Å². The van der Waals surface area contributed by atoms with Gasteiger partial charge in [0.15, 0.2) is 5.84 Å². The van der Waals surface area contributed by atoms with Crippen LogP contribution in [0.15, 0.2) is 71.1 Å². The number of nitrogens with zero attached hydrogens (tertiary/aromatic N) is 5. The monoisotopic (exact) mass is 418 g/mol. The fourth-order valence-corrected chi connectivity index (χ4v) is 4.64. The highest BCUT2D eigenvalue weighted by Gasteiger charge is 2.28. The molecule has 2 aromatic heterocycles. The van der Waals surface area contributed by atoms with Gasteiger partial charge in [0.05, 0.1) is 11.4 Å². The Morgan fingerprint density at radius 1 is 0.897 bits per heavy atom. The Morgan fingerprint density at radius 3 is 2.31 bits per heavy atom. The molecule has 0 amide bonds. The zero-order valence-corrected chi connectivity index (χ0v) is 17.5. The lowest BCUT2D eigenvalue weighted by atomic mass is 10.2. The van der Waals surface area contributed by atoms with Crippen molar-refractivity contribution in [1.29, 1.82) is 0 Å². The zero-order chi connectivity index (χ0) is 19.8. The van der Waals surface area contributed by atoms with E-state index in [-0.39, 0.29) is 0 Å². The fourth-order valence-electron chi connectivity index (χ4n) is 2.93. The first-order chi connectivity index (χ1) is 14.2. The standard InChI is InChI=1S/C21H18N6S2/c1-14-15(2)29-20(22-14)18-13-28-21(23-18)27-25-19(16-9-5-3-6-10-16)24-26(27)17-11-7-4-8-12-17/h3-13H,1-2H3,(H,24,25). The summed E-state index contributed by atoms with van der Waals surface area (Å²) in [5.74, 6) is 0.771. The maximum Gasteiger partial charge on any atom is 0.228 e. The van der Waals surface area contributed by atoms with Gasteiger partial charge < -0.3 is 0 Å². The number of para-hydroxylation sites is 1. The van der Waals surface area contributed by atoms with Crippen molar-refractivity contribution in [2.24, 2.45) is 5.10 Å². The van der Waals surface area contributed by atoms with Gasteiger partial charge in [-0.05, 0) is 26.0 Å². The molecule has 0 atom stereocenters. The van der Waals surface area contributed by atoms with Gasteiger partial charge in [-0.1, -0.05) is 48.5 Å². The van der Waals surface area contributed by atoms with Gasteiger partial charge in [-0.15, -0.1) is 38.0 Å². The molecule has 0 unspecified atom stereocenters. The molecule has 144 valence electrons. The molecular weight excluding hydrogens is 400 g/mol. The molecule has 0 saturated carbocycles. The van der Waals surface area contributed by atoms with E-state index in [0.717, 1.165) is 38.6 Å². The molecule has 0 spiro atoms. The second-order valence-corrected chi connectivity index (χ2v) is 8.58. The van der Waals surface area contributed by atoms with Crippen molar-refractivity contribution < 1.29 is 0 Å². The van der Waals surface area contributed by atoms with Gasteiger partial charge in [0.25, 0.3) is 0 Å². The summed E-state index contributed by atoms with van der Waals surface area (Å²) in [6, 6.07) is 20.1. The maximum absolute atomic E-state index is 4.84. The van der Waals surface area contributed by atoms with Crippen LogP contribution in [-0.2, 0) is 0 Å². The molecule has 29 heavy (non-hydrogen) atoms. The number of thiazole rings is 2. The number of nitrogens with one attached hydrogen (secondary N) is 1. The number of hydrazone groups is 1. The highest BCUT2D eigenvalue weighted by Crippen LogP contribution is 2.33. The van der Waals surface area contributed by atoms with E-state index in [1.165, 1.54) is 4.88 Å². The molecule has 0 radical (unpaired) electrons. The lowest BCUT2D eigenvalue weighted by molar-refractivity contribution is 0.767. The van der Waals surface area contributed by atoms with Crippen LogP contribution in [0.3, 0.4) is 0 Å². The predicted molar refractivity (Wildman–Crippen MR) is 120 cm³/mol. The van der Waals surface area contributed by atoms with Gasteiger partial charge in [0.1, 0.15) is 10.7 Å². The van der Waals surface area contributed by atoms with Gasteiger partial charge >= 0.3 is 0 Å². The molecule has 1 N–H and O–H groups in total. The number of benzene rings is 2. The summed E-state index contributed by atoms with van der Waals surface area (Å²) in [7, 11) is 0. The van der Waals surface area contributed by atoms with Crippen LogP contribution in [0.25, 0.3) is 10.7 Å². The minimum atomic E-state index is 0.771. The molecule has 3 heterocycles. The smallest absolute Gasteiger partial charge is 0.228 e. The number of aryl methyl sites for hydroxylation is 2. The highest BCUT2D eigenvalue weighted by atomic mass is 32.1. The van der Waals surface area contributed by atoms with Crippen molar-refractivity contribution in [2.45, 2.75) is 13.8 Å². The van der Waals surface area contributed by atoms with E-state index in [4.69, 9.17) is 10.1 Å². The first-order valence-electron chi connectivity index (χ1n) is 9.15. The Morgan fingerprint density at radius 2 is 1.62 bits per heavy atom. The largest absolute Gasteiger partial charge is 0.256 e. The van der Waals surface area contributed by atoms with Crippen molar-refractivity contribution in [1.82, 2.24) is 15.4 Å². The summed E-state index contributed by atoms with van der Waals surface area (Å²) >= 11 is 3.23. The van der Waals surface area contributed by atoms with Gasteiger partial charge in [-0.2, -0.15) is 0 Å². The average molecular weight is 419 g/mol. The second kappa shape index (κ2) is 7.31. The molecule has 1 aliphatic heterocycles. The van der Waals surface area contributed by atoms with Crippen molar-refractivity contribution in [3.05, 3.63) is 82.2 Å². The van der Waals surface area contributed by atoms with Crippen molar-refractivity contribution >= 4 is 39.3 Å². The van der Waals surface area contributed by atoms with Crippen LogP contribution in [0.2, 0.25) is 0 Å². The van der Waals surface area contributed by atoms with E-state index in [9.17, 15) is 0 Å². The van der Waals surface area contributed by atoms with Crippen LogP contribution >= 0.6 is 22.7 Å². The van der Waals surface area contributed by atoms with Crippen LogP contribution < -0.4 is 15.7 Å². The van der Waals surface area contributed by atoms with E-state index < -0.39 is 0 Å². The van der Waals surface area contributed by atoms with Crippen LogP contribution in [0.5, 0.6) is 0 Å². The maximum atomic E-state index is 4.84. The average Bonchev–Trinajstić information content (AvgIpc) is 3.48. The van der Waals surface area contributed by atoms with E-state index in [2.05, 4.69) is 17.3 Å². The summed E-state index contributed by atoms with van der Waals surface area (Å²) in [5, 5.41) is 12.3. The number of anilines is 2. The Hall–Kier alpha value is -3.23. The molecule has 2 aromatic carbocycles. The van der Waals surface area contributed by atoms with Gasteiger partial charge in [-0.3, -0.25) is 5.43 Å². The summed E-state index contributed by atoms with van der Waals surface area (Å²) in [4.78, 5) is 10.7. The number of aromatic nitrogens is 2. The summed E-state index contributed by atoms with van der Waals surface area (Å²) in [6.07, 6.45) is 0. The molecule has 0 saturated heterocycles. The van der Waals surface area contributed by atoms with Gasteiger partial charge in [-0.25, -0.2) is 9.97 Å². The molecule has 0 fully saturated rings. The van der Waals surface area contributed by atoms with E-state index in [1.807, 2.05) is 83.2 Å². The fraction of sp³-hybridized carbons (Fsp3) is 0.0952. The number of hydrogen-bond acceptors (Lipinski definition) is 8. The summed E-state index contributed by atoms with van der Waals surface area (Å²) in [5.41, 5.74) is 7.29. The molecule has 4 aromatic rings. The van der Waals surface area contributed by atoms with Crippen molar-refractivity contribution in [3.63, 3.8) is 0 Å². The Labute approximate surface area is 176 Å². The SMILES string of the molecule is Cc1nc(-c2csc(N3NC(c4ccccc4)=NN3c3ccccc3)n2)sc1C. The minimum Gasteiger partial charge on any atom is -0.256 e. The predicted octanol–water partition coefficient (Wildman–Crippen LogP) is 4.99. The summed E-state index contributed by atoms with van der Waals surface area (Å²) < 4.78 is 0.